The van der Waals surface area contributed by atoms with Crippen LogP contribution in [0.3, 0.4) is 0 Å². The van der Waals surface area contributed by atoms with Crippen molar-refractivity contribution in [2.45, 2.75) is 46.7 Å². The Morgan fingerprint density at radius 2 is 1.78 bits per heavy atom. The summed E-state index contributed by atoms with van der Waals surface area (Å²) in [7, 11) is 0. The van der Waals surface area contributed by atoms with Gasteiger partial charge in [0.05, 0.1) is 0 Å². The molecule has 0 heterocycles. The van der Waals surface area contributed by atoms with E-state index in [0.717, 1.165) is 11.6 Å². The van der Waals surface area contributed by atoms with Gasteiger partial charge in [-0.05, 0) is 23.8 Å². The van der Waals surface area contributed by atoms with E-state index in [1.54, 1.807) is 6.07 Å². The van der Waals surface area contributed by atoms with E-state index in [0.29, 0.717) is 6.04 Å². The molecule has 1 unspecified atom stereocenters. The summed E-state index contributed by atoms with van der Waals surface area (Å²) in [6.45, 7) is 10.9. The number of nitrogens with one attached hydrogen (secondary N) is 1. The Morgan fingerprint density at radius 1 is 1.22 bits per heavy atom. The number of benzene rings is 1. The molecule has 1 atom stereocenters. The van der Waals surface area contributed by atoms with Crippen LogP contribution in [0.5, 0.6) is 5.75 Å². The first-order chi connectivity index (χ1) is 8.18. The molecule has 3 heteroatoms. The summed E-state index contributed by atoms with van der Waals surface area (Å²) < 4.78 is 13.0. The highest BCUT2D eigenvalue weighted by Crippen LogP contribution is 2.63. The van der Waals surface area contributed by atoms with Crippen molar-refractivity contribution >= 4 is 0 Å². The van der Waals surface area contributed by atoms with Gasteiger partial charge in [0.1, 0.15) is 11.6 Å². The van der Waals surface area contributed by atoms with Crippen molar-refractivity contribution in [3.05, 3.63) is 29.6 Å². The molecule has 18 heavy (non-hydrogen) atoms. The van der Waals surface area contributed by atoms with Crippen LogP contribution < -0.4 is 5.32 Å². The fourth-order valence-electron chi connectivity index (χ4n) is 2.84. The largest absolute Gasteiger partial charge is 0.508 e. The molecule has 1 fully saturated rings. The lowest BCUT2D eigenvalue weighted by Crippen LogP contribution is -2.25. The van der Waals surface area contributed by atoms with Crippen molar-refractivity contribution in [3.63, 3.8) is 0 Å². The number of aromatic hydroxyl groups is 1. The average molecular weight is 251 g/mol. The van der Waals surface area contributed by atoms with Crippen molar-refractivity contribution in [2.75, 3.05) is 0 Å². The number of rotatable bonds is 3. The number of hydrogen-bond donors (Lipinski definition) is 2. The Labute approximate surface area is 108 Å². The minimum absolute atomic E-state index is 0.0108. The molecule has 2 nitrogen and oxygen atoms in total. The molecule has 0 radical (unpaired) electrons. The molecule has 100 valence electrons. The van der Waals surface area contributed by atoms with Crippen molar-refractivity contribution in [2.24, 2.45) is 10.8 Å². The van der Waals surface area contributed by atoms with Gasteiger partial charge >= 0.3 is 0 Å². The minimum atomic E-state index is -0.407. The van der Waals surface area contributed by atoms with Crippen LogP contribution in [0.15, 0.2) is 18.2 Å². The average Bonchev–Trinajstić information content (AvgIpc) is 2.60. The third-order valence-electron chi connectivity index (χ3n) is 4.90. The lowest BCUT2D eigenvalue weighted by molar-refractivity contribution is 0.436. The van der Waals surface area contributed by atoms with Crippen LogP contribution in [0.2, 0.25) is 0 Å². The smallest absolute Gasteiger partial charge is 0.126 e. The molecule has 1 saturated carbocycles. The molecule has 0 aliphatic heterocycles. The fraction of sp³-hybridized carbons (Fsp3) is 0.600. The zero-order chi connectivity index (χ0) is 13.7. The van der Waals surface area contributed by atoms with E-state index < -0.39 is 5.82 Å². The van der Waals surface area contributed by atoms with E-state index >= 15 is 0 Å². The van der Waals surface area contributed by atoms with Gasteiger partial charge in [0.25, 0.3) is 0 Å². The zero-order valence-corrected chi connectivity index (χ0v) is 11.7. The summed E-state index contributed by atoms with van der Waals surface area (Å²) >= 11 is 0. The molecule has 0 bridgehead atoms. The highest BCUT2D eigenvalue weighted by atomic mass is 19.1. The first-order valence-electron chi connectivity index (χ1n) is 6.42. The Morgan fingerprint density at radius 3 is 2.22 bits per heavy atom. The van der Waals surface area contributed by atoms with Gasteiger partial charge in [0.2, 0.25) is 0 Å². The maximum atomic E-state index is 13.0. The second kappa shape index (κ2) is 3.95. The van der Waals surface area contributed by atoms with Crippen LogP contribution in [0.4, 0.5) is 4.39 Å². The Hall–Kier alpha value is -1.09. The maximum Gasteiger partial charge on any atom is 0.126 e. The van der Waals surface area contributed by atoms with Crippen molar-refractivity contribution in [1.82, 2.24) is 5.32 Å². The first-order valence-corrected chi connectivity index (χ1v) is 6.42. The van der Waals surface area contributed by atoms with E-state index in [1.807, 2.05) is 6.92 Å². The summed E-state index contributed by atoms with van der Waals surface area (Å²) in [4.78, 5) is 0. The van der Waals surface area contributed by atoms with Gasteiger partial charge in [-0.3, -0.25) is 0 Å². The van der Waals surface area contributed by atoms with Crippen LogP contribution in [-0.2, 0) is 0 Å². The van der Waals surface area contributed by atoms with Gasteiger partial charge in [0, 0.05) is 23.7 Å². The van der Waals surface area contributed by atoms with E-state index in [9.17, 15) is 9.50 Å². The monoisotopic (exact) mass is 251 g/mol. The van der Waals surface area contributed by atoms with Gasteiger partial charge in [-0.2, -0.15) is 0 Å². The Balaban J connectivity index is 2.12. The summed E-state index contributed by atoms with van der Waals surface area (Å²) in [5.41, 5.74) is 1.24. The number of halogens is 1. The van der Waals surface area contributed by atoms with Gasteiger partial charge in [-0.25, -0.2) is 4.39 Å². The molecule has 0 aromatic heterocycles. The normalized spacial score (nSPS) is 22.8. The Kier molecular flexibility index (Phi) is 2.93. The molecule has 1 aliphatic rings. The molecular weight excluding hydrogens is 229 g/mol. The van der Waals surface area contributed by atoms with E-state index in [1.165, 1.54) is 6.07 Å². The molecular formula is C15H22FNO. The van der Waals surface area contributed by atoms with E-state index in [4.69, 9.17) is 0 Å². The molecule has 0 spiro atoms. The number of hydrogen-bond acceptors (Lipinski definition) is 2. The third kappa shape index (κ3) is 1.91. The topological polar surface area (TPSA) is 32.3 Å². The minimum Gasteiger partial charge on any atom is -0.508 e. The molecule has 2 N–H and O–H groups in total. The van der Waals surface area contributed by atoms with Gasteiger partial charge in [-0.1, -0.05) is 33.8 Å². The van der Waals surface area contributed by atoms with Crippen molar-refractivity contribution in [1.29, 1.82) is 0 Å². The van der Waals surface area contributed by atoms with Crippen LogP contribution >= 0.6 is 0 Å². The standard InChI is InChI=1S/C15H22FNO/c1-9(11-7-6-10(16)8-12(11)18)17-13-14(2,3)15(13,4)5/h6-9,13,17-18H,1-5H3. The van der Waals surface area contributed by atoms with Crippen LogP contribution in [-0.4, -0.2) is 11.1 Å². The molecule has 1 aromatic rings. The highest BCUT2D eigenvalue weighted by molar-refractivity contribution is 5.35. The van der Waals surface area contributed by atoms with Crippen LogP contribution in [0.1, 0.15) is 46.2 Å². The summed E-state index contributed by atoms with van der Waals surface area (Å²) in [6.07, 6.45) is 0. The maximum absolute atomic E-state index is 13.0. The number of phenolic OH excluding ortho intramolecular Hbond substituents is 1. The van der Waals surface area contributed by atoms with E-state index in [2.05, 4.69) is 33.0 Å². The molecule has 2 rings (SSSR count). The molecule has 1 aliphatic carbocycles. The quantitative estimate of drug-likeness (QED) is 0.860. The second-order valence-corrected chi connectivity index (χ2v) is 6.47. The lowest BCUT2D eigenvalue weighted by Gasteiger charge is -2.17. The molecule has 0 saturated heterocycles. The van der Waals surface area contributed by atoms with Gasteiger partial charge in [-0.15, -0.1) is 0 Å². The lowest BCUT2D eigenvalue weighted by atomic mass is 10.0. The summed E-state index contributed by atoms with van der Waals surface area (Å²) in [5, 5.41) is 13.3. The summed E-state index contributed by atoms with van der Waals surface area (Å²) in [6, 6.07) is 4.61. The molecule has 1 aromatic carbocycles. The van der Waals surface area contributed by atoms with Crippen molar-refractivity contribution < 1.29 is 9.50 Å². The summed E-state index contributed by atoms with van der Waals surface area (Å²) in [5.74, 6) is -0.387. The second-order valence-electron chi connectivity index (χ2n) is 6.47. The van der Waals surface area contributed by atoms with Gasteiger partial charge in [0.15, 0.2) is 0 Å². The predicted molar refractivity (Wildman–Crippen MR) is 71.0 cm³/mol. The zero-order valence-electron chi connectivity index (χ0n) is 11.7. The van der Waals surface area contributed by atoms with Crippen molar-refractivity contribution in [3.8, 4) is 5.75 Å². The van der Waals surface area contributed by atoms with Crippen LogP contribution in [0.25, 0.3) is 0 Å². The number of phenols is 1. The van der Waals surface area contributed by atoms with Crippen LogP contribution in [0, 0.1) is 16.6 Å². The molecule has 0 amide bonds. The predicted octanol–water partition coefficient (Wildman–Crippen LogP) is 3.62. The fourth-order valence-corrected chi connectivity index (χ4v) is 2.84. The van der Waals surface area contributed by atoms with E-state index in [-0.39, 0.29) is 22.6 Å². The van der Waals surface area contributed by atoms with Gasteiger partial charge < -0.3 is 10.4 Å². The Bertz CT molecular complexity index is 454. The third-order valence-corrected chi connectivity index (χ3v) is 4.90. The SMILES string of the molecule is CC(NC1C(C)(C)C1(C)C)c1ccc(F)cc1O. The highest BCUT2D eigenvalue weighted by Gasteiger charge is 2.64. The first kappa shape index (κ1) is 13.3.